The zero-order chi connectivity index (χ0) is 14.7. The number of rotatable bonds is 5. The molecule has 2 rings (SSSR count). The van der Waals surface area contributed by atoms with Crippen LogP contribution in [0.3, 0.4) is 0 Å². The molecule has 0 radical (unpaired) electrons. The number of fused-ring (bicyclic) bond motifs is 1. The SMILES string of the molecule is CC(C)CC(NC(=O)C1COc2ccccc21)C(=O)O. The molecule has 2 atom stereocenters. The molecule has 0 spiro atoms. The fraction of sp³-hybridized carbons (Fsp3) is 0.467. The molecule has 2 N–H and O–H groups in total. The third-order valence-electron chi connectivity index (χ3n) is 3.34. The molecule has 1 aliphatic heterocycles. The normalized spacial score (nSPS) is 18.2. The molecule has 0 fully saturated rings. The Morgan fingerprint density at radius 2 is 2.10 bits per heavy atom. The van der Waals surface area contributed by atoms with Gasteiger partial charge in [0, 0.05) is 5.56 Å². The van der Waals surface area contributed by atoms with Crippen LogP contribution in [0.4, 0.5) is 0 Å². The Kier molecular flexibility index (Phi) is 4.27. The molecule has 1 aromatic rings. The van der Waals surface area contributed by atoms with Crippen molar-refractivity contribution in [3.05, 3.63) is 29.8 Å². The predicted octanol–water partition coefficient (Wildman–Crippen LogP) is 1.78. The average Bonchev–Trinajstić information content (AvgIpc) is 2.81. The summed E-state index contributed by atoms with van der Waals surface area (Å²) in [6.45, 7) is 4.12. The fourth-order valence-corrected chi connectivity index (χ4v) is 2.34. The van der Waals surface area contributed by atoms with Crippen molar-refractivity contribution in [2.24, 2.45) is 5.92 Å². The first-order valence-corrected chi connectivity index (χ1v) is 6.74. The van der Waals surface area contributed by atoms with Crippen molar-refractivity contribution in [1.29, 1.82) is 0 Å². The number of para-hydroxylation sites is 1. The molecule has 0 bridgehead atoms. The second kappa shape index (κ2) is 5.94. The molecule has 0 aromatic heterocycles. The summed E-state index contributed by atoms with van der Waals surface area (Å²) in [7, 11) is 0. The van der Waals surface area contributed by atoms with Crippen molar-refractivity contribution in [2.45, 2.75) is 32.2 Å². The zero-order valence-electron chi connectivity index (χ0n) is 11.6. The number of carbonyl (C=O) groups excluding carboxylic acids is 1. The predicted molar refractivity (Wildman–Crippen MR) is 73.7 cm³/mol. The lowest BCUT2D eigenvalue weighted by Gasteiger charge is -2.18. The van der Waals surface area contributed by atoms with E-state index in [0.717, 1.165) is 5.56 Å². The number of benzene rings is 1. The van der Waals surface area contributed by atoms with E-state index in [1.54, 1.807) is 0 Å². The van der Waals surface area contributed by atoms with Crippen LogP contribution in [0.1, 0.15) is 31.7 Å². The number of hydrogen-bond donors (Lipinski definition) is 2. The summed E-state index contributed by atoms with van der Waals surface area (Å²) in [6.07, 6.45) is 0.413. The molecule has 5 nitrogen and oxygen atoms in total. The molecule has 0 saturated heterocycles. The monoisotopic (exact) mass is 277 g/mol. The van der Waals surface area contributed by atoms with E-state index < -0.39 is 17.9 Å². The van der Waals surface area contributed by atoms with E-state index in [9.17, 15) is 9.59 Å². The smallest absolute Gasteiger partial charge is 0.326 e. The third kappa shape index (κ3) is 3.10. The van der Waals surface area contributed by atoms with Crippen molar-refractivity contribution in [1.82, 2.24) is 5.32 Å². The van der Waals surface area contributed by atoms with Crippen LogP contribution in [0.5, 0.6) is 5.75 Å². The first kappa shape index (κ1) is 14.4. The second-order valence-electron chi connectivity index (χ2n) is 5.43. The van der Waals surface area contributed by atoms with Crippen LogP contribution >= 0.6 is 0 Å². The summed E-state index contributed by atoms with van der Waals surface area (Å²) in [5.74, 6) is -0.825. The minimum absolute atomic E-state index is 0.198. The van der Waals surface area contributed by atoms with E-state index in [4.69, 9.17) is 9.84 Å². The van der Waals surface area contributed by atoms with Crippen LogP contribution in [0.15, 0.2) is 24.3 Å². The van der Waals surface area contributed by atoms with Gasteiger partial charge in [-0.25, -0.2) is 4.79 Å². The number of carboxylic acids is 1. The number of carboxylic acid groups (broad SMARTS) is 1. The van der Waals surface area contributed by atoms with E-state index >= 15 is 0 Å². The van der Waals surface area contributed by atoms with E-state index in [-0.39, 0.29) is 18.4 Å². The van der Waals surface area contributed by atoms with Crippen molar-refractivity contribution in [3.8, 4) is 5.75 Å². The molecule has 1 aliphatic rings. The number of amides is 1. The fourth-order valence-electron chi connectivity index (χ4n) is 2.34. The number of ether oxygens (including phenoxy) is 1. The minimum atomic E-state index is -1.00. The van der Waals surface area contributed by atoms with Crippen LogP contribution in [0, 0.1) is 5.92 Å². The lowest BCUT2D eigenvalue weighted by Crippen LogP contribution is -2.44. The second-order valence-corrected chi connectivity index (χ2v) is 5.43. The Labute approximate surface area is 117 Å². The van der Waals surface area contributed by atoms with Gasteiger partial charge < -0.3 is 15.2 Å². The summed E-state index contributed by atoms with van der Waals surface area (Å²) in [5, 5.41) is 11.8. The summed E-state index contributed by atoms with van der Waals surface area (Å²) < 4.78 is 5.45. The zero-order valence-corrected chi connectivity index (χ0v) is 11.6. The van der Waals surface area contributed by atoms with Gasteiger partial charge in [-0.15, -0.1) is 0 Å². The highest BCUT2D eigenvalue weighted by molar-refractivity contribution is 5.89. The summed E-state index contributed by atoms with van der Waals surface area (Å²) >= 11 is 0. The highest BCUT2D eigenvalue weighted by Crippen LogP contribution is 2.33. The Morgan fingerprint density at radius 3 is 2.75 bits per heavy atom. The van der Waals surface area contributed by atoms with Gasteiger partial charge in [0.25, 0.3) is 0 Å². The average molecular weight is 277 g/mol. The lowest BCUT2D eigenvalue weighted by molar-refractivity contribution is -0.142. The van der Waals surface area contributed by atoms with Gasteiger partial charge in [0.1, 0.15) is 24.3 Å². The molecule has 0 saturated carbocycles. The molecule has 2 unspecified atom stereocenters. The van der Waals surface area contributed by atoms with Gasteiger partial charge in [0.15, 0.2) is 0 Å². The van der Waals surface area contributed by atoms with Gasteiger partial charge in [-0.2, -0.15) is 0 Å². The van der Waals surface area contributed by atoms with Gasteiger partial charge in [0.05, 0.1) is 0 Å². The molecular weight excluding hydrogens is 258 g/mol. The topological polar surface area (TPSA) is 75.6 Å². The number of nitrogens with one attached hydrogen (secondary N) is 1. The maximum Gasteiger partial charge on any atom is 0.326 e. The van der Waals surface area contributed by atoms with Crippen LogP contribution in [-0.2, 0) is 9.59 Å². The Balaban J connectivity index is 2.07. The molecule has 1 heterocycles. The number of aliphatic carboxylic acids is 1. The van der Waals surface area contributed by atoms with Gasteiger partial charge >= 0.3 is 5.97 Å². The molecule has 1 aromatic carbocycles. The van der Waals surface area contributed by atoms with Crippen LogP contribution in [0.25, 0.3) is 0 Å². The van der Waals surface area contributed by atoms with Gasteiger partial charge in [-0.05, 0) is 18.4 Å². The van der Waals surface area contributed by atoms with Gasteiger partial charge in [0.2, 0.25) is 5.91 Å². The number of carbonyl (C=O) groups is 2. The quantitative estimate of drug-likeness (QED) is 0.860. The maximum atomic E-state index is 12.2. The molecule has 1 amide bonds. The van der Waals surface area contributed by atoms with Gasteiger partial charge in [-0.3, -0.25) is 4.79 Å². The highest BCUT2D eigenvalue weighted by atomic mass is 16.5. The third-order valence-corrected chi connectivity index (χ3v) is 3.34. The van der Waals surface area contributed by atoms with Crippen molar-refractivity contribution in [3.63, 3.8) is 0 Å². The standard InChI is InChI=1S/C15H19NO4/c1-9(2)7-12(15(18)19)16-14(17)11-8-20-13-6-4-3-5-10(11)13/h3-6,9,11-12H,7-8H2,1-2H3,(H,16,17)(H,18,19). The highest BCUT2D eigenvalue weighted by Gasteiger charge is 2.32. The number of hydrogen-bond acceptors (Lipinski definition) is 3. The molecule has 20 heavy (non-hydrogen) atoms. The van der Waals surface area contributed by atoms with E-state index in [2.05, 4.69) is 5.32 Å². The lowest BCUT2D eigenvalue weighted by atomic mass is 9.98. The van der Waals surface area contributed by atoms with Crippen LogP contribution in [0.2, 0.25) is 0 Å². The molecular formula is C15H19NO4. The van der Waals surface area contributed by atoms with Crippen molar-refractivity contribution in [2.75, 3.05) is 6.61 Å². The van der Waals surface area contributed by atoms with E-state index in [0.29, 0.717) is 12.2 Å². The largest absolute Gasteiger partial charge is 0.492 e. The Bertz CT molecular complexity index is 512. The Morgan fingerprint density at radius 1 is 1.40 bits per heavy atom. The van der Waals surface area contributed by atoms with Gasteiger partial charge in [-0.1, -0.05) is 32.0 Å². The molecule has 108 valence electrons. The minimum Gasteiger partial charge on any atom is -0.492 e. The summed E-state index contributed by atoms with van der Waals surface area (Å²) in [5.41, 5.74) is 0.818. The maximum absolute atomic E-state index is 12.2. The summed E-state index contributed by atoms with van der Waals surface area (Å²) in [4.78, 5) is 23.4. The molecule has 0 aliphatic carbocycles. The first-order chi connectivity index (χ1) is 9.49. The molecule has 5 heteroatoms. The van der Waals surface area contributed by atoms with Crippen molar-refractivity contribution < 1.29 is 19.4 Å². The van der Waals surface area contributed by atoms with Crippen LogP contribution < -0.4 is 10.1 Å². The van der Waals surface area contributed by atoms with Crippen molar-refractivity contribution >= 4 is 11.9 Å². The van der Waals surface area contributed by atoms with E-state index in [1.165, 1.54) is 0 Å². The van der Waals surface area contributed by atoms with E-state index in [1.807, 2.05) is 38.1 Å². The van der Waals surface area contributed by atoms with Crippen LogP contribution in [-0.4, -0.2) is 29.6 Å². The Hall–Kier alpha value is -2.04. The first-order valence-electron chi connectivity index (χ1n) is 6.74. The summed E-state index contributed by atoms with van der Waals surface area (Å²) in [6, 6.07) is 6.49.